The minimum atomic E-state index is -4.52. The maximum absolute atomic E-state index is 13.1. The number of hydrogen-bond acceptors (Lipinski definition) is 3. The molecular weight excluding hydrogens is 324 g/mol. The van der Waals surface area contributed by atoms with Crippen molar-refractivity contribution in [2.75, 3.05) is 5.73 Å². The van der Waals surface area contributed by atoms with Crippen LogP contribution in [0, 0.1) is 5.82 Å². The molecule has 0 radical (unpaired) electrons. The van der Waals surface area contributed by atoms with Crippen molar-refractivity contribution in [1.82, 2.24) is 4.72 Å². The van der Waals surface area contributed by atoms with Crippen LogP contribution in [0.25, 0.3) is 0 Å². The predicted molar refractivity (Wildman–Crippen MR) is 66.3 cm³/mol. The Hall–Kier alpha value is -1.06. The fourth-order valence-electron chi connectivity index (χ4n) is 1.47. The summed E-state index contributed by atoms with van der Waals surface area (Å²) in [5.41, 5.74) is 4.74. The highest BCUT2D eigenvalue weighted by atomic mass is 35.5. The van der Waals surface area contributed by atoms with E-state index in [0.717, 1.165) is 13.0 Å². The molecule has 4 nitrogen and oxygen atoms in total. The summed E-state index contributed by atoms with van der Waals surface area (Å²) in [6.45, 7) is 1.05. The summed E-state index contributed by atoms with van der Waals surface area (Å²) in [6, 6.07) is 0.0301. The fraction of sp³-hybridized carbons (Fsp3) is 0.400. The second-order valence-corrected chi connectivity index (χ2v) is 6.24. The van der Waals surface area contributed by atoms with Crippen LogP contribution in [0.4, 0.5) is 23.2 Å². The molecular formula is C10H11ClF4N2O2S. The Kier molecular flexibility index (Phi) is 4.88. The SMILES string of the molecule is CC(CC(F)(F)F)NS(=O)(=O)c1cc(N)c(F)cc1Cl. The molecule has 0 amide bonds. The van der Waals surface area contributed by atoms with E-state index in [4.69, 9.17) is 17.3 Å². The second kappa shape index (κ2) is 5.74. The Labute approximate surface area is 118 Å². The highest BCUT2D eigenvalue weighted by molar-refractivity contribution is 7.89. The Morgan fingerprint density at radius 3 is 2.45 bits per heavy atom. The molecule has 1 rings (SSSR count). The maximum Gasteiger partial charge on any atom is 0.390 e. The van der Waals surface area contributed by atoms with Crippen LogP contribution in [0.3, 0.4) is 0 Å². The number of rotatable bonds is 4. The van der Waals surface area contributed by atoms with E-state index in [2.05, 4.69) is 0 Å². The summed E-state index contributed by atoms with van der Waals surface area (Å²) >= 11 is 5.57. The highest BCUT2D eigenvalue weighted by Crippen LogP contribution is 2.27. The lowest BCUT2D eigenvalue weighted by Gasteiger charge is -2.16. The number of nitrogen functional groups attached to an aromatic ring is 1. The number of sulfonamides is 1. The van der Waals surface area contributed by atoms with Crippen LogP contribution in [-0.4, -0.2) is 20.6 Å². The van der Waals surface area contributed by atoms with Crippen molar-refractivity contribution >= 4 is 27.3 Å². The topological polar surface area (TPSA) is 72.2 Å². The molecule has 0 spiro atoms. The molecule has 0 fully saturated rings. The van der Waals surface area contributed by atoms with E-state index >= 15 is 0 Å². The number of benzene rings is 1. The Balaban J connectivity index is 3.03. The number of hydrogen-bond donors (Lipinski definition) is 2. The Bertz CT molecular complexity index is 604. The first kappa shape index (κ1) is 17.0. The van der Waals surface area contributed by atoms with Gasteiger partial charge in [0.25, 0.3) is 0 Å². The van der Waals surface area contributed by atoms with Crippen molar-refractivity contribution < 1.29 is 26.0 Å². The molecule has 1 atom stereocenters. The van der Waals surface area contributed by atoms with Crippen LogP contribution in [0.1, 0.15) is 13.3 Å². The first-order valence-corrected chi connectivity index (χ1v) is 7.12. The van der Waals surface area contributed by atoms with Gasteiger partial charge in [-0.1, -0.05) is 11.6 Å². The van der Waals surface area contributed by atoms with E-state index < -0.39 is 50.1 Å². The third-order valence-electron chi connectivity index (χ3n) is 2.23. The van der Waals surface area contributed by atoms with Crippen LogP contribution >= 0.6 is 11.6 Å². The third-order valence-corrected chi connectivity index (χ3v) is 4.29. The number of nitrogens with two attached hydrogens (primary N) is 1. The summed E-state index contributed by atoms with van der Waals surface area (Å²) in [6.07, 6.45) is -5.87. The van der Waals surface area contributed by atoms with Gasteiger partial charge in [-0.25, -0.2) is 17.5 Å². The standard InChI is InChI=1S/C10H11ClF4N2O2S/c1-5(4-10(13,14)15)17-20(18,19)9-3-8(16)7(12)2-6(9)11/h2-3,5,17H,4,16H2,1H3. The Morgan fingerprint density at radius 1 is 1.40 bits per heavy atom. The summed E-state index contributed by atoms with van der Waals surface area (Å²) in [5.74, 6) is -0.919. The quantitative estimate of drug-likeness (QED) is 0.657. The Morgan fingerprint density at radius 2 is 1.95 bits per heavy atom. The number of alkyl halides is 3. The minimum Gasteiger partial charge on any atom is -0.396 e. The molecule has 1 aromatic rings. The van der Waals surface area contributed by atoms with Crippen LogP contribution in [0.5, 0.6) is 0 Å². The fourth-order valence-corrected chi connectivity index (χ4v) is 3.26. The van der Waals surface area contributed by atoms with E-state index in [9.17, 15) is 26.0 Å². The smallest absolute Gasteiger partial charge is 0.390 e. The van der Waals surface area contributed by atoms with E-state index in [1.807, 2.05) is 0 Å². The molecule has 114 valence electrons. The van der Waals surface area contributed by atoms with Gasteiger partial charge in [0.05, 0.1) is 17.1 Å². The molecule has 0 heterocycles. The van der Waals surface area contributed by atoms with Gasteiger partial charge in [0.2, 0.25) is 10.0 Å². The largest absolute Gasteiger partial charge is 0.396 e. The van der Waals surface area contributed by atoms with Crippen LogP contribution in [0.2, 0.25) is 5.02 Å². The zero-order chi connectivity index (χ0) is 15.7. The first-order chi connectivity index (χ1) is 8.92. The zero-order valence-electron chi connectivity index (χ0n) is 10.1. The van der Waals surface area contributed by atoms with Crippen LogP contribution < -0.4 is 10.5 Å². The number of anilines is 1. The molecule has 0 aliphatic rings. The normalized spacial score (nSPS) is 14.3. The van der Waals surface area contributed by atoms with Crippen molar-refractivity contribution in [1.29, 1.82) is 0 Å². The third kappa shape index (κ3) is 4.50. The summed E-state index contributed by atoms with van der Waals surface area (Å²) in [4.78, 5) is -0.577. The molecule has 20 heavy (non-hydrogen) atoms. The molecule has 0 bridgehead atoms. The van der Waals surface area contributed by atoms with Crippen molar-refractivity contribution in [3.63, 3.8) is 0 Å². The average molecular weight is 335 g/mol. The molecule has 10 heteroatoms. The summed E-state index contributed by atoms with van der Waals surface area (Å²) in [7, 11) is -4.33. The summed E-state index contributed by atoms with van der Waals surface area (Å²) in [5, 5.41) is -0.469. The van der Waals surface area contributed by atoms with Gasteiger partial charge in [-0.15, -0.1) is 0 Å². The van der Waals surface area contributed by atoms with E-state index in [1.165, 1.54) is 0 Å². The van der Waals surface area contributed by atoms with Gasteiger partial charge >= 0.3 is 6.18 Å². The van der Waals surface area contributed by atoms with E-state index in [0.29, 0.717) is 6.07 Å². The molecule has 0 aliphatic heterocycles. The van der Waals surface area contributed by atoms with Gasteiger partial charge in [-0.2, -0.15) is 13.2 Å². The number of halogens is 5. The van der Waals surface area contributed by atoms with Gasteiger partial charge in [0, 0.05) is 6.04 Å². The average Bonchev–Trinajstić information content (AvgIpc) is 2.19. The molecule has 0 aliphatic carbocycles. The molecule has 1 aromatic carbocycles. The number of nitrogens with one attached hydrogen (secondary N) is 1. The molecule has 3 N–H and O–H groups in total. The van der Waals surface area contributed by atoms with Gasteiger partial charge < -0.3 is 5.73 Å². The zero-order valence-corrected chi connectivity index (χ0v) is 11.7. The lowest BCUT2D eigenvalue weighted by Crippen LogP contribution is -2.36. The monoisotopic (exact) mass is 334 g/mol. The highest BCUT2D eigenvalue weighted by Gasteiger charge is 2.32. The molecule has 0 saturated carbocycles. The van der Waals surface area contributed by atoms with Gasteiger partial charge in [0.15, 0.2) is 0 Å². The summed E-state index contributed by atoms with van der Waals surface area (Å²) < 4.78 is 75.1. The molecule has 0 aromatic heterocycles. The lowest BCUT2D eigenvalue weighted by molar-refractivity contribution is -0.137. The second-order valence-electron chi connectivity index (χ2n) is 4.15. The van der Waals surface area contributed by atoms with Gasteiger partial charge in [0.1, 0.15) is 10.7 Å². The maximum atomic E-state index is 13.1. The first-order valence-electron chi connectivity index (χ1n) is 5.26. The van der Waals surface area contributed by atoms with Gasteiger partial charge in [-0.05, 0) is 19.1 Å². The molecule has 0 saturated heterocycles. The van der Waals surface area contributed by atoms with Crippen LogP contribution in [-0.2, 0) is 10.0 Å². The predicted octanol–water partition coefficient (Wildman–Crippen LogP) is 2.68. The molecule has 1 unspecified atom stereocenters. The minimum absolute atomic E-state index is 0.469. The van der Waals surface area contributed by atoms with Crippen molar-refractivity contribution in [2.45, 2.75) is 30.5 Å². The van der Waals surface area contributed by atoms with E-state index in [1.54, 1.807) is 4.72 Å². The van der Waals surface area contributed by atoms with Crippen molar-refractivity contribution in [2.24, 2.45) is 0 Å². The van der Waals surface area contributed by atoms with Crippen molar-refractivity contribution in [3.05, 3.63) is 23.0 Å². The van der Waals surface area contributed by atoms with Crippen molar-refractivity contribution in [3.8, 4) is 0 Å². The lowest BCUT2D eigenvalue weighted by atomic mass is 10.2. The van der Waals surface area contributed by atoms with E-state index in [-0.39, 0.29) is 0 Å². The van der Waals surface area contributed by atoms with Gasteiger partial charge in [-0.3, -0.25) is 0 Å². The van der Waals surface area contributed by atoms with Crippen LogP contribution in [0.15, 0.2) is 17.0 Å².